The maximum Gasteiger partial charge on any atom is 0.150 e. The summed E-state index contributed by atoms with van der Waals surface area (Å²) in [6.07, 6.45) is 1.25. The fraction of sp³-hybridized carbons (Fsp3) is 0.500. The first kappa shape index (κ1) is 13.5. The molecule has 18 heavy (non-hydrogen) atoms. The summed E-state index contributed by atoms with van der Waals surface area (Å²) in [5.41, 5.74) is 0.814. The van der Waals surface area contributed by atoms with Crippen molar-refractivity contribution in [1.82, 2.24) is 0 Å². The van der Waals surface area contributed by atoms with Crippen LogP contribution in [-0.2, 0) is 9.84 Å². The third kappa shape index (κ3) is 3.29. The third-order valence-electron chi connectivity index (χ3n) is 3.08. The minimum atomic E-state index is -2.83. The van der Waals surface area contributed by atoms with E-state index in [1.165, 1.54) is 0 Å². The molecule has 1 aliphatic rings. The second-order valence-corrected chi connectivity index (χ2v) is 7.16. The van der Waals surface area contributed by atoms with Crippen LogP contribution in [0.15, 0.2) is 18.2 Å². The highest BCUT2D eigenvalue weighted by Gasteiger charge is 2.24. The van der Waals surface area contributed by atoms with Gasteiger partial charge in [-0.2, -0.15) is 0 Å². The molecule has 0 aromatic heterocycles. The first-order chi connectivity index (χ1) is 8.50. The van der Waals surface area contributed by atoms with Crippen LogP contribution in [0.1, 0.15) is 12.8 Å². The average molecular weight is 290 g/mol. The van der Waals surface area contributed by atoms with Crippen molar-refractivity contribution in [2.45, 2.75) is 18.9 Å². The van der Waals surface area contributed by atoms with Gasteiger partial charge in [-0.1, -0.05) is 11.6 Å². The molecule has 1 aromatic carbocycles. The van der Waals surface area contributed by atoms with Gasteiger partial charge in [-0.05, 0) is 31.0 Å². The van der Waals surface area contributed by atoms with Crippen LogP contribution in [-0.4, -0.2) is 33.1 Å². The van der Waals surface area contributed by atoms with Crippen LogP contribution >= 0.6 is 11.6 Å². The van der Waals surface area contributed by atoms with E-state index in [9.17, 15) is 8.42 Å². The van der Waals surface area contributed by atoms with Gasteiger partial charge in [-0.25, -0.2) is 8.42 Å². The van der Waals surface area contributed by atoms with Gasteiger partial charge in [0.2, 0.25) is 0 Å². The van der Waals surface area contributed by atoms with Crippen molar-refractivity contribution < 1.29 is 13.2 Å². The molecule has 1 heterocycles. The van der Waals surface area contributed by atoms with Crippen LogP contribution in [0.25, 0.3) is 0 Å². The highest BCUT2D eigenvalue weighted by Crippen LogP contribution is 2.29. The van der Waals surface area contributed by atoms with Gasteiger partial charge in [0.25, 0.3) is 0 Å². The predicted octanol–water partition coefficient (Wildman–Crippen LogP) is 2.34. The molecule has 0 amide bonds. The lowest BCUT2D eigenvalue weighted by Gasteiger charge is -2.25. The quantitative estimate of drug-likeness (QED) is 0.928. The fourth-order valence-corrected chi connectivity index (χ4v) is 3.71. The maximum atomic E-state index is 11.4. The van der Waals surface area contributed by atoms with E-state index in [2.05, 4.69) is 5.32 Å². The van der Waals surface area contributed by atoms with Crippen LogP contribution in [0.3, 0.4) is 0 Å². The molecule has 0 aliphatic carbocycles. The number of ether oxygens (including phenoxy) is 1. The van der Waals surface area contributed by atoms with Crippen molar-refractivity contribution in [3.05, 3.63) is 23.2 Å². The van der Waals surface area contributed by atoms with Crippen molar-refractivity contribution >= 4 is 27.1 Å². The number of nitrogens with one attached hydrogen (secondary N) is 1. The Morgan fingerprint density at radius 2 is 2.00 bits per heavy atom. The van der Waals surface area contributed by atoms with Gasteiger partial charge in [0.15, 0.2) is 0 Å². The van der Waals surface area contributed by atoms with Crippen molar-refractivity contribution in [3.63, 3.8) is 0 Å². The summed E-state index contributed by atoms with van der Waals surface area (Å²) in [5.74, 6) is 1.20. The number of rotatable bonds is 3. The zero-order valence-corrected chi connectivity index (χ0v) is 11.7. The minimum Gasteiger partial charge on any atom is -0.495 e. The van der Waals surface area contributed by atoms with Crippen LogP contribution < -0.4 is 10.1 Å². The molecule has 6 heteroatoms. The number of halogens is 1. The van der Waals surface area contributed by atoms with E-state index in [-0.39, 0.29) is 17.5 Å². The number of hydrogen-bond acceptors (Lipinski definition) is 4. The Balaban J connectivity index is 2.08. The molecular weight excluding hydrogens is 274 g/mol. The molecule has 1 aromatic rings. The zero-order chi connectivity index (χ0) is 13.2. The van der Waals surface area contributed by atoms with Crippen LogP contribution in [0.2, 0.25) is 5.02 Å². The van der Waals surface area contributed by atoms with E-state index >= 15 is 0 Å². The van der Waals surface area contributed by atoms with Gasteiger partial charge in [-0.15, -0.1) is 0 Å². The monoisotopic (exact) mass is 289 g/mol. The molecule has 100 valence electrons. The highest BCUT2D eigenvalue weighted by atomic mass is 35.5. The second kappa shape index (κ2) is 5.36. The van der Waals surface area contributed by atoms with Crippen LogP contribution in [0.4, 0.5) is 5.69 Å². The van der Waals surface area contributed by atoms with Gasteiger partial charge in [0.1, 0.15) is 15.6 Å². The number of anilines is 1. The van der Waals surface area contributed by atoms with Gasteiger partial charge < -0.3 is 10.1 Å². The van der Waals surface area contributed by atoms with Gasteiger partial charge in [0.05, 0.1) is 24.3 Å². The summed E-state index contributed by atoms with van der Waals surface area (Å²) in [5, 5.41) is 3.93. The zero-order valence-electron chi connectivity index (χ0n) is 10.1. The normalized spacial score (nSPS) is 19.4. The van der Waals surface area contributed by atoms with E-state index in [1.54, 1.807) is 25.3 Å². The SMILES string of the molecule is COc1ccc(Cl)cc1NC1CCS(=O)(=O)CC1. The van der Waals surface area contributed by atoms with Crippen LogP contribution in [0, 0.1) is 0 Å². The summed E-state index contributed by atoms with van der Waals surface area (Å²) in [4.78, 5) is 0. The van der Waals surface area contributed by atoms with Crippen molar-refractivity contribution in [3.8, 4) is 5.75 Å². The van der Waals surface area contributed by atoms with E-state index in [0.29, 0.717) is 23.6 Å². The molecule has 0 unspecified atom stereocenters. The summed E-state index contributed by atoms with van der Waals surface area (Å²) in [6, 6.07) is 5.51. The molecule has 0 atom stereocenters. The average Bonchev–Trinajstić information content (AvgIpc) is 2.32. The standard InChI is InChI=1S/C12H16ClNO3S/c1-17-12-3-2-9(13)8-11(12)14-10-4-6-18(15,16)7-5-10/h2-3,8,10,14H,4-7H2,1H3. The smallest absolute Gasteiger partial charge is 0.150 e. The Morgan fingerprint density at radius 1 is 1.33 bits per heavy atom. The Hall–Kier alpha value is -0.940. The molecule has 1 aliphatic heterocycles. The molecule has 1 N–H and O–H groups in total. The molecule has 1 fully saturated rings. The van der Waals surface area contributed by atoms with Crippen molar-refractivity contribution in [1.29, 1.82) is 0 Å². The number of sulfone groups is 1. The lowest BCUT2D eigenvalue weighted by molar-refractivity contribution is 0.415. The Kier molecular flexibility index (Phi) is 4.02. The Labute approximate surface area is 112 Å². The van der Waals surface area contributed by atoms with E-state index < -0.39 is 9.84 Å². The van der Waals surface area contributed by atoms with Gasteiger partial charge in [-0.3, -0.25) is 0 Å². The van der Waals surface area contributed by atoms with E-state index in [1.807, 2.05) is 0 Å². The fourth-order valence-electron chi connectivity index (χ4n) is 2.05. The van der Waals surface area contributed by atoms with Crippen LogP contribution in [0.5, 0.6) is 5.75 Å². The van der Waals surface area contributed by atoms with Gasteiger partial charge in [0, 0.05) is 11.1 Å². The first-order valence-corrected chi connectivity index (χ1v) is 8.00. The lowest BCUT2D eigenvalue weighted by atomic mass is 10.1. The summed E-state index contributed by atoms with van der Waals surface area (Å²) < 4.78 is 27.9. The summed E-state index contributed by atoms with van der Waals surface area (Å²) in [7, 11) is -1.23. The largest absolute Gasteiger partial charge is 0.495 e. The first-order valence-electron chi connectivity index (χ1n) is 5.81. The summed E-state index contributed by atoms with van der Waals surface area (Å²) >= 11 is 5.95. The Bertz CT molecular complexity index is 516. The molecular formula is C12H16ClNO3S. The minimum absolute atomic E-state index is 0.154. The summed E-state index contributed by atoms with van der Waals surface area (Å²) in [6.45, 7) is 0. The number of hydrogen-bond donors (Lipinski definition) is 1. The van der Waals surface area contributed by atoms with Gasteiger partial charge >= 0.3 is 0 Å². The lowest BCUT2D eigenvalue weighted by Crippen LogP contribution is -2.32. The number of methoxy groups -OCH3 is 1. The highest BCUT2D eigenvalue weighted by molar-refractivity contribution is 7.91. The third-order valence-corrected chi connectivity index (χ3v) is 5.03. The maximum absolute atomic E-state index is 11.4. The molecule has 0 spiro atoms. The van der Waals surface area contributed by atoms with E-state index in [4.69, 9.17) is 16.3 Å². The topological polar surface area (TPSA) is 55.4 Å². The Morgan fingerprint density at radius 3 is 2.61 bits per heavy atom. The molecule has 1 saturated heterocycles. The second-order valence-electron chi connectivity index (χ2n) is 4.42. The molecule has 0 radical (unpaired) electrons. The van der Waals surface area contributed by atoms with Crippen molar-refractivity contribution in [2.24, 2.45) is 0 Å². The predicted molar refractivity (Wildman–Crippen MR) is 73.3 cm³/mol. The number of benzene rings is 1. The molecule has 0 bridgehead atoms. The van der Waals surface area contributed by atoms with Crippen molar-refractivity contribution in [2.75, 3.05) is 23.9 Å². The molecule has 2 rings (SSSR count). The molecule has 4 nitrogen and oxygen atoms in total. The molecule has 0 saturated carbocycles. The van der Waals surface area contributed by atoms with E-state index in [0.717, 1.165) is 5.69 Å².